The smallest absolute Gasteiger partial charge is 0.412 e. The number of benzene rings is 1. The van der Waals surface area contributed by atoms with E-state index in [0.29, 0.717) is 5.56 Å². The number of esters is 1. The third kappa shape index (κ3) is 4.86. The maximum atomic E-state index is 11.8. The summed E-state index contributed by atoms with van der Waals surface area (Å²) in [7, 11) is 1.19. The lowest BCUT2D eigenvalue weighted by Crippen LogP contribution is -2.40. The largest absolute Gasteiger partial charge is 0.506 e. The third-order valence-electron chi connectivity index (χ3n) is 3.49. The molecule has 0 aliphatic heterocycles. The van der Waals surface area contributed by atoms with Crippen molar-refractivity contribution >= 4 is 17.7 Å². The molecule has 0 heterocycles. The molecule has 0 fully saturated rings. The minimum atomic E-state index is -1.40. The van der Waals surface area contributed by atoms with Crippen molar-refractivity contribution in [3.63, 3.8) is 0 Å². The highest BCUT2D eigenvalue weighted by Crippen LogP contribution is 2.33. The number of nitrogens with one attached hydrogen (secondary N) is 1. The van der Waals surface area contributed by atoms with Crippen molar-refractivity contribution in [2.75, 3.05) is 12.4 Å². The second-order valence-corrected chi connectivity index (χ2v) is 7.01. The van der Waals surface area contributed by atoms with Crippen LogP contribution in [0.4, 0.5) is 10.5 Å². The first-order valence-corrected chi connectivity index (χ1v) is 7.48. The minimum absolute atomic E-state index is 0.163. The lowest BCUT2D eigenvalue weighted by atomic mass is 9.79. The zero-order chi connectivity index (χ0) is 18.7. The van der Waals surface area contributed by atoms with Gasteiger partial charge in [-0.1, -0.05) is 19.9 Å². The molecule has 0 saturated heterocycles. The van der Waals surface area contributed by atoms with Crippen molar-refractivity contribution < 1.29 is 29.3 Å². The van der Waals surface area contributed by atoms with Crippen LogP contribution >= 0.6 is 0 Å². The SMILES string of the molecule is COC(=O)C(O)C(C)(C)c1ccc(NC(=O)OC(C)(C)C)c(O)c1. The number of rotatable bonds is 4. The van der Waals surface area contributed by atoms with Crippen LogP contribution in [0.5, 0.6) is 5.75 Å². The maximum absolute atomic E-state index is 11.8. The van der Waals surface area contributed by atoms with Crippen LogP contribution < -0.4 is 5.32 Å². The van der Waals surface area contributed by atoms with Crippen molar-refractivity contribution in [3.8, 4) is 5.75 Å². The van der Waals surface area contributed by atoms with Gasteiger partial charge in [0.1, 0.15) is 11.4 Å². The Morgan fingerprint density at radius 2 is 1.75 bits per heavy atom. The number of hydrogen-bond donors (Lipinski definition) is 3. The number of phenols is 1. The number of anilines is 1. The molecule has 0 bridgehead atoms. The highest BCUT2D eigenvalue weighted by atomic mass is 16.6. The fraction of sp³-hybridized carbons (Fsp3) is 0.529. The third-order valence-corrected chi connectivity index (χ3v) is 3.49. The van der Waals surface area contributed by atoms with E-state index in [2.05, 4.69) is 10.1 Å². The summed E-state index contributed by atoms with van der Waals surface area (Å²) in [5.41, 5.74) is -0.981. The molecule has 24 heavy (non-hydrogen) atoms. The van der Waals surface area contributed by atoms with E-state index in [1.807, 2.05) is 0 Å². The molecule has 1 aromatic rings. The molecule has 1 unspecified atom stereocenters. The Bertz CT molecular complexity index is 618. The predicted octanol–water partition coefficient (Wildman–Crippen LogP) is 2.55. The van der Waals surface area contributed by atoms with Gasteiger partial charge in [0.05, 0.1) is 12.8 Å². The predicted molar refractivity (Wildman–Crippen MR) is 89.0 cm³/mol. The average Bonchev–Trinajstić information content (AvgIpc) is 2.45. The van der Waals surface area contributed by atoms with E-state index in [1.165, 1.54) is 19.2 Å². The van der Waals surface area contributed by atoms with E-state index < -0.39 is 29.2 Å². The molecule has 7 nitrogen and oxygen atoms in total. The zero-order valence-electron chi connectivity index (χ0n) is 14.8. The number of phenolic OH excluding ortho intramolecular Hbond substituents is 1. The van der Waals surface area contributed by atoms with E-state index in [-0.39, 0.29) is 11.4 Å². The lowest BCUT2D eigenvalue weighted by Gasteiger charge is -2.29. The number of carbonyl (C=O) groups is 2. The van der Waals surface area contributed by atoms with Crippen molar-refractivity contribution in [2.45, 2.75) is 51.7 Å². The fourth-order valence-corrected chi connectivity index (χ4v) is 2.02. The maximum Gasteiger partial charge on any atom is 0.412 e. The van der Waals surface area contributed by atoms with Gasteiger partial charge >= 0.3 is 12.1 Å². The van der Waals surface area contributed by atoms with Crippen LogP contribution in [0.2, 0.25) is 0 Å². The van der Waals surface area contributed by atoms with Crippen LogP contribution in [-0.2, 0) is 19.7 Å². The van der Waals surface area contributed by atoms with Crippen LogP contribution in [-0.4, -0.2) is 41.1 Å². The van der Waals surface area contributed by atoms with Crippen LogP contribution in [0, 0.1) is 0 Å². The topological polar surface area (TPSA) is 105 Å². The second kappa shape index (κ2) is 7.09. The Labute approximate surface area is 141 Å². The van der Waals surface area contributed by atoms with Crippen molar-refractivity contribution in [2.24, 2.45) is 0 Å². The summed E-state index contributed by atoms with van der Waals surface area (Å²) in [5, 5.41) is 22.6. The van der Waals surface area contributed by atoms with Gasteiger partial charge < -0.3 is 19.7 Å². The number of aliphatic hydroxyl groups is 1. The molecule has 134 valence electrons. The van der Waals surface area contributed by atoms with Crippen LogP contribution in [0.3, 0.4) is 0 Å². The summed E-state index contributed by atoms with van der Waals surface area (Å²) in [5.74, 6) is -0.973. The Hall–Kier alpha value is -2.28. The Morgan fingerprint density at radius 1 is 1.17 bits per heavy atom. The molecular formula is C17H25NO6. The highest BCUT2D eigenvalue weighted by molar-refractivity contribution is 5.87. The highest BCUT2D eigenvalue weighted by Gasteiger charge is 2.36. The number of aliphatic hydroxyl groups excluding tert-OH is 1. The molecule has 3 N–H and O–H groups in total. The van der Waals surface area contributed by atoms with Crippen molar-refractivity contribution in [1.82, 2.24) is 0 Å². The molecular weight excluding hydrogens is 314 g/mol. The molecule has 1 rings (SSSR count). The first-order chi connectivity index (χ1) is 10.9. The molecule has 1 amide bonds. The molecule has 0 radical (unpaired) electrons. The van der Waals surface area contributed by atoms with Gasteiger partial charge in [0, 0.05) is 5.41 Å². The van der Waals surface area contributed by atoms with Gasteiger partial charge in [-0.15, -0.1) is 0 Å². The van der Waals surface area contributed by atoms with Crippen molar-refractivity contribution in [3.05, 3.63) is 23.8 Å². The van der Waals surface area contributed by atoms with Gasteiger partial charge in [-0.3, -0.25) is 5.32 Å². The fourth-order valence-electron chi connectivity index (χ4n) is 2.02. The molecule has 1 atom stereocenters. The molecule has 0 aromatic heterocycles. The molecule has 0 saturated carbocycles. The van der Waals surface area contributed by atoms with Gasteiger partial charge in [-0.2, -0.15) is 0 Å². The molecule has 0 aliphatic rings. The van der Waals surface area contributed by atoms with E-state index in [9.17, 15) is 19.8 Å². The Balaban J connectivity index is 2.99. The standard InChI is InChI=1S/C17H25NO6/c1-16(2,3)24-15(22)18-11-8-7-10(9-12(11)19)17(4,5)13(20)14(21)23-6/h7-9,13,19-20H,1-6H3,(H,18,22). The van der Waals surface area contributed by atoms with E-state index in [4.69, 9.17) is 4.74 Å². The molecule has 1 aromatic carbocycles. The van der Waals surface area contributed by atoms with E-state index in [0.717, 1.165) is 0 Å². The van der Waals surface area contributed by atoms with Crippen LogP contribution in [0.15, 0.2) is 18.2 Å². The van der Waals surface area contributed by atoms with Gasteiger partial charge in [0.15, 0.2) is 6.10 Å². The van der Waals surface area contributed by atoms with Gasteiger partial charge in [0.25, 0.3) is 0 Å². The number of carbonyl (C=O) groups excluding carboxylic acids is 2. The molecule has 0 spiro atoms. The quantitative estimate of drug-likeness (QED) is 0.575. The van der Waals surface area contributed by atoms with Gasteiger partial charge in [-0.05, 0) is 38.5 Å². The number of methoxy groups -OCH3 is 1. The first-order valence-electron chi connectivity index (χ1n) is 7.48. The lowest BCUT2D eigenvalue weighted by molar-refractivity contribution is -0.153. The van der Waals surface area contributed by atoms with Crippen LogP contribution in [0.25, 0.3) is 0 Å². The zero-order valence-corrected chi connectivity index (χ0v) is 14.8. The second-order valence-electron chi connectivity index (χ2n) is 7.01. The summed E-state index contributed by atoms with van der Waals surface area (Å²) in [6, 6.07) is 4.44. The average molecular weight is 339 g/mol. The number of ether oxygens (including phenoxy) is 2. The Kier molecular flexibility index (Phi) is 5.84. The molecule has 0 aliphatic carbocycles. The number of hydrogen-bond acceptors (Lipinski definition) is 6. The first kappa shape index (κ1) is 19.8. The Morgan fingerprint density at radius 3 is 2.21 bits per heavy atom. The summed E-state index contributed by atoms with van der Waals surface area (Å²) in [6.07, 6.45) is -2.09. The summed E-state index contributed by atoms with van der Waals surface area (Å²) in [4.78, 5) is 23.3. The van der Waals surface area contributed by atoms with Gasteiger partial charge in [-0.25, -0.2) is 9.59 Å². The van der Waals surface area contributed by atoms with E-state index >= 15 is 0 Å². The monoisotopic (exact) mass is 339 g/mol. The summed E-state index contributed by atoms with van der Waals surface area (Å²) in [6.45, 7) is 8.47. The van der Waals surface area contributed by atoms with Gasteiger partial charge in [0.2, 0.25) is 0 Å². The summed E-state index contributed by atoms with van der Waals surface area (Å²) >= 11 is 0. The number of aromatic hydroxyl groups is 1. The van der Waals surface area contributed by atoms with Crippen molar-refractivity contribution in [1.29, 1.82) is 0 Å². The van der Waals surface area contributed by atoms with E-state index in [1.54, 1.807) is 40.7 Å². The molecule has 7 heteroatoms. The minimum Gasteiger partial charge on any atom is -0.506 e. The number of amides is 1. The normalized spacial score (nSPS) is 13.1. The van der Waals surface area contributed by atoms with Crippen LogP contribution in [0.1, 0.15) is 40.2 Å². The summed E-state index contributed by atoms with van der Waals surface area (Å²) < 4.78 is 9.66.